The van der Waals surface area contributed by atoms with Crippen LogP contribution in [0.1, 0.15) is 32.2 Å². The highest BCUT2D eigenvalue weighted by Gasteiger charge is 2.23. The lowest BCUT2D eigenvalue weighted by molar-refractivity contribution is 0.182. The highest BCUT2D eigenvalue weighted by Crippen LogP contribution is 2.06. The van der Waals surface area contributed by atoms with Crippen molar-refractivity contribution in [3.05, 3.63) is 17.5 Å². The van der Waals surface area contributed by atoms with Gasteiger partial charge in [0, 0.05) is 30.6 Å². The Kier molecular flexibility index (Phi) is 6.61. The van der Waals surface area contributed by atoms with Crippen LogP contribution in [0.3, 0.4) is 0 Å². The van der Waals surface area contributed by atoms with E-state index in [1.807, 2.05) is 38.4 Å². The van der Waals surface area contributed by atoms with Crippen LogP contribution in [-0.2, 0) is 16.4 Å². The molecule has 0 aliphatic carbocycles. The fourth-order valence-corrected chi connectivity index (χ4v) is 3.70. The van der Waals surface area contributed by atoms with Crippen LogP contribution in [0.25, 0.3) is 0 Å². The van der Waals surface area contributed by atoms with E-state index in [1.165, 1.54) is 6.26 Å². The van der Waals surface area contributed by atoms with Crippen LogP contribution in [0.2, 0.25) is 0 Å². The van der Waals surface area contributed by atoms with E-state index in [0.717, 1.165) is 11.4 Å². The summed E-state index contributed by atoms with van der Waals surface area (Å²) >= 11 is 0. The molecular formula is C15H28N4O3S. The molecule has 132 valence electrons. The minimum absolute atomic E-state index is 0.0416. The molecular weight excluding hydrogens is 316 g/mol. The van der Waals surface area contributed by atoms with Crippen molar-refractivity contribution in [1.82, 2.24) is 20.0 Å². The molecule has 0 spiro atoms. The van der Waals surface area contributed by atoms with Crippen LogP contribution in [0, 0.1) is 13.8 Å². The summed E-state index contributed by atoms with van der Waals surface area (Å²) in [5, 5.41) is 7.29. The predicted octanol–water partition coefficient (Wildman–Crippen LogP) is 1.35. The van der Waals surface area contributed by atoms with E-state index in [1.54, 1.807) is 11.8 Å². The lowest BCUT2D eigenvalue weighted by Crippen LogP contribution is -2.50. The van der Waals surface area contributed by atoms with Gasteiger partial charge in [-0.3, -0.25) is 4.68 Å². The first-order valence-corrected chi connectivity index (χ1v) is 9.85. The van der Waals surface area contributed by atoms with Gasteiger partial charge in [0.05, 0.1) is 18.0 Å². The van der Waals surface area contributed by atoms with Gasteiger partial charge in [0.15, 0.2) is 0 Å². The standard InChI is InChI=1S/C15H28N4O3S/c1-7-18(14(5)10-23(6,21)22)15(20)16-12(3)9-19-13(4)8-11(2)17-19/h8,12,14H,7,9-10H2,1-6H3,(H,16,20)/t12-,14-/m0/s1. The number of rotatable bonds is 7. The predicted molar refractivity (Wildman–Crippen MR) is 91.2 cm³/mol. The van der Waals surface area contributed by atoms with Crippen molar-refractivity contribution in [3.8, 4) is 0 Å². The van der Waals surface area contributed by atoms with Gasteiger partial charge in [-0.25, -0.2) is 13.2 Å². The van der Waals surface area contributed by atoms with Crippen LogP contribution in [0.5, 0.6) is 0 Å². The van der Waals surface area contributed by atoms with E-state index >= 15 is 0 Å². The molecule has 1 aromatic heterocycles. The number of urea groups is 1. The molecule has 0 unspecified atom stereocenters. The summed E-state index contributed by atoms with van der Waals surface area (Å²) in [7, 11) is -3.13. The third-order valence-corrected chi connectivity index (χ3v) is 4.69. The van der Waals surface area contributed by atoms with Gasteiger partial charge in [-0.05, 0) is 40.7 Å². The maximum absolute atomic E-state index is 12.4. The zero-order valence-electron chi connectivity index (χ0n) is 14.8. The van der Waals surface area contributed by atoms with E-state index in [-0.39, 0.29) is 23.9 Å². The Morgan fingerprint density at radius 2 is 2.00 bits per heavy atom. The number of nitrogens with zero attached hydrogens (tertiary/aromatic N) is 3. The molecule has 0 saturated carbocycles. The van der Waals surface area contributed by atoms with E-state index in [0.29, 0.717) is 13.1 Å². The number of carbonyl (C=O) groups excluding carboxylic acids is 1. The summed E-state index contributed by atoms with van der Waals surface area (Å²) < 4.78 is 24.7. The fourth-order valence-electron chi connectivity index (χ4n) is 2.64. The largest absolute Gasteiger partial charge is 0.334 e. The fraction of sp³-hybridized carbons (Fsp3) is 0.733. The van der Waals surface area contributed by atoms with Crippen molar-refractivity contribution in [2.75, 3.05) is 18.6 Å². The van der Waals surface area contributed by atoms with Gasteiger partial charge >= 0.3 is 6.03 Å². The first-order chi connectivity index (χ1) is 10.5. The first-order valence-electron chi connectivity index (χ1n) is 7.79. The number of hydrogen-bond acceptors (Lipinski definition) is 4. The summed E-state index contributed by atoms with van der Waals surface area (Å²) in [4.78, 5) is 13.9. The summed E-state index contributed by atoms with van der Waals surface area (Å²) in [5.41, 5.74) is 1.99. The van der Waals surface area contributed by atoms with Gasteiger partial charge in [-0.2, -0.15) is 5.10 Å². The number of aryl methyl sites for hydroxylation is 2. The molecule has 8 heteroatoms. The molecule has 0 radical (unpaired) electrons. The van der Waals surface area contributed by atoms with Crippen LogP contribution in [-0.4, -0.2) is 59.8 Å². The van der Waals surface area contributed by atoms with E-state index in [2.05, 4.69) is 10.4 Å². The van der Waals surface area contributed by atoms with Crippen LogP contribution >= 0.6 is 0 Å². The van der Waals surface area contributed by atoms with Gasteiger partial charge in [-0.1, -0.05) is 0 Å². The SMILES string of the molecule is CCN(C(=O)N[C@@H](C)Cn1nc(C)cc1C)[C@@H](C)CS(C)(=O)=O. The Bertz CT molecular complexity index is 639. The highest BCUT2D eigenvalue weighted by molar-refractivity contribution is 7.90. The first kappa shape index (κ1) is 19.5. The third kappa shape index (κ3) is 6.21. The van der Waals surface area contributed by atoms with Crippen LogP contribution in [0.4, 0.5) is 4.79 Å². The summed E-state index contributed by atoms with van der Waals surface area (Å²) in [6.07, 6.45) is 1.18. The highest BCUT2D eigenvalue weighted by atomic mass is 32.2. The van der Waals surface area contributed by atoms with E-state index in [4.69, 9.17) is 0 Å². The lowest BCUT2D eigenvalue weighted by Gasteiger charge is -2.29. The number of nitrogens with one attached hydrogen (secondary N) is 1. The zero-order valence-corrected chi connectivity index (χ0v) is 15.6. The molecule has 23 heavy (non-hydrogen) atoms. The topological polar surface area (TPSA) is 84.3 Å². The Morgan fingerprint density at radius 3 is 2.43 bits per heavy atom. The van der Waals surface area contributed by atoms with Crippen molar-refractivity contribution < 1.29 is 13.2 Å². The molecule has 0 aromatic carbocycles. The third-order valence-electron chi connectivity index (χ3n) is 3.60. The summed E-state index contributed by atoms with van der Waals surface area (Å²) in [6.45, 7) is 10.4. The maximum Gasteiger partial charge on any atom is 0.317 e. The molecule has 0 saturated heterocycles. The van der Waals surface area contributed by atoms with Crippen LogP contribution in [0.15, 0.2) is 6.07 Å². The monoisotopic (exact) mass is 344 g/mol. The Morgan fingerprint density at radius 1 is 1.39 bits per heavy atom. The Balaban J connectivity index is 2.66. The molecule has 1 rings (SSSR count). The molecule has 2 atom stereocenters. The molecule has 1 heterocycles. The van der Waals surface area contributed by atoms with Crippen molar-refractivity contribution in [2.24, 2.45) is 0 Å². The second-order valence-corrected chi connectivity index (χ2v) is 8.37. The molecule has 0 aliphatic rings. The molecule has 7 nitrogen and oxygen atoms in total. The second kappa shape index (κ2) is 7.81. The van der Waals surface area contributed by atoms with Gasteiger partial charge < -0.3 is 10.2 Å². The number of carbonyl (C=O) groups is 1. The minimum Gasteiger partial charge on any atom is -0.334 e. The van der Waals surface area contributed by atoms with Crippen molar-refractivity contribution in [2.45, 2.75) is 53.2 Å². The van der Waals surface area contributed by atoms with E-state index in [9.17, 15) is 13.2 Å². The smallest absolute Gasteiger partial charge is 0.317 e. The lowest BCUT2D eigenvalue weighted by atomic mass is 10.3. The molecule has 0 bridgehead atoms. The number of sulfone groups is 1. The normalized spacial score (nSPS) is 14.3. The van der Waals surface area contributed by atoms with Gasteiger partial charge in [0.1, 0.15) is 9.84 Å². The summed E-state index contributed by atoms with van der Waals surface area (Å²) in [5.74, 6) is -0.0416. The molecule has 2 amide bonds. The second-order valence-electron chi connectivity index (χ2n) is 6.19. The average Bonchev–Trinajstić information content (AvgIpc) is 2.65. The van der Waals surface area contributed by atoms with E-state index < -0.39 is 9.84 Å². The zero-order chi connectivity index (χ0) is 17.8. The number of hydrogen-bond donors (Lipinski definition) is 1. The van der Waals surface area contributed by atoms with Gasteiger partial charge in [0.25, 0.3) is 0 Å². The average molecular weight is 344 g/mol. The van der Waals surface area contributed by atoms with Crippen molar-refractivity contribution >= 4 is 15.9 Å². The van der Waals surface area contributed by atoms with Crippen LogP contribution < -0.4 is 5.32 Å². The van der Waals surface area contributed by atoms with Crippen molar-refractivity contribution in [1.29, 1.82) is 0 Å². The minimum atomic E-state index is -3.13. The molecule has 1 aromatic rings. The molecule has 0 fully saturated rings. The maximum atomic E-state index is 12.4. The molecule has 0 aliphatic heterocycles. The Labute approximate surface area is 139 Å². The van der Waals surface area contributed by atoms with Gasteiger partial charge in [0.2, 0.25) is 0 Å². The van der Waals surface area contributed by atoms with Crippen molar-refractivity contribution in [3.63, 3.8) is 0 Å². The quantitative estimate of drug-likeness (QED) is 0.809. The Hall–Kier alpha value is -1.57. The summed E-state index contributed by atoms with van der Waals surface area (Å²) in [6, 6.07) is 1.26. The number of aromatic nitrogens is 2. The molecule has 1 N–H and O–H groups in total. The van der Waals surface area contributed by atoms with Gasteiger partial charge in [-0.15, -0.1) is 0 Å². The number of amides is 2.